The van der Waals surface area contributed by atoms with E-state index in [4.69, 9.17) is 21.1 Å². The summed E-state index contributed by atoms with van der Waals surface area (Å²) in [5, 5.41) is 12.8. The quantitative estimate of drug-likeness (QED) is 0.919. The zero-order chi connectivity index (χ0) is 15.4. The van der Waals surface area contributed by atoms with E-state index >= 15 is 0 Å². The summed E-state index contributed by atoms with van der Waals surface area (Å²) in [7, 11) is 0. The smallest absolute Gasteiger partial charge is 0.138 e. The maximum absolute atomic E-state index is 10.1. The lowest BCUT2D eigenvalue weighted by Crippen LogP contribution is -2.42. The molecule has 0 radical (unpaired) electrons. The van der Waals surface area contributed by atoms with Crippen molar-refractivity contribution in [3.05, 3.63) is 41.4 Å². The molecule has 0 bridgehead atoms. The molecule has 0 aliphatic carbocycles. The first kappa shape index (κ1) is 15.6. The van der Waals surface area contributed by atoms with Gasteiger partial charge in [0.15, 0.2) is 0 Å². The normalized spacial score (nSPS) is 17.5. The fourth-order valence-corrected chi connectivity index (χ4v) is 2.94. The van der Waals surface area contributed by atoms with Crippen LogP contribution in [0.25, 0.3) is 10.8 Å². The Hall–Kier alpha value is -1.33. The van der Waals surface area contributed by atoms with Crippen LogP contribution in [0, 0.1) is 0 Å². The van der Waals surface area contributed by atoms with E-state index in [0.717, 1.165) is 37.1 Å². The molecule has 1 atom stereocenters. The molecule has 0 aromatic heterocycles. The van der Waals surface area contributed by atoms with Gasteiger partial charge in [-0.1, -0.05) is 41.9 Å². The molecular weight excluding hydrogens is 302 g/mol. The second-order valence-electron chi connectivity index (χ2n) is 5.48. The van der Waals surface area contributed by atoms with Crippen molar-refractivity contribution in [3.63, 3.8) is 0 Å². The molecule has 0 spiro atoms. The van der Waals surface area contributed by atoms with E-state index in [-0.39, 0.29) is 6.61 Å². The molecule has 2 aromatic rings. The van der Waals surface area contributed by atoms with Crippen molar-refractivity contribution in [2.45, 2.75) is 6.10 Å². The minimum absolute atomic E-state index is 0.232. The number of hydrogen-bond acceptors (Lipinski definition) is 4. The molecule has 1 aliphatic rings. The number of morpholine rings is 1. The third-order valence-electron chi connectivity index (χ3n) is 3.83. The van der Waals surface area contributed by atoms with Crippen molar-refractivity contribution < 1.29 is 14.6 Å². The van der Waals surface area contributed by atoms with Crippen LogP contribution >= 0.6 is 11.6 Å². The Kier molecular flexibility index (Phi) is 5.16. The van der Waals surface area contributed by atoms with Crippen LogP contribution in [0.5, 0.6) is 5.75 Å². The van der Waals surface area contributed by atoms with Gasteiger partial charge >= 0.3 is 0 Å². The second-order valence-corrected chi connectivity index (χ2v) is 5.85. The molecule has 1 fully saturated rings. The Morgan fingerprint density at radius 3 is 2.77 bits per heavy atom. The third-order valence-corrected chi connectivity index (χ3v) is 4.22. The number of ether oxygens (including phenoxy) is 2. The van der Waals surface area contributed by atoms with Gasteiger partial charge in [-0.15, -0.1) is 0 Å². The summed E-state index contributed by atoms with van der Waals surface area (Å²) in [6.07, 6.45) is -0.541. The van der Waals surface area contributed by atoms with Gasteiger partial charge in [-0.05, 0) is 11.5 Å². The molecule has 3 rings (SSSR count). The molecule has 1 aliphatic heterocycles. The number of aliphatic hydroxyl groups is 1. The number of aliphatic hydroxyl groups excluding tert-OH is 1. The zero-order valence-corrected chi connectivity index (χ0v) is 13.1. The van der Waals surface area contributed by atoms with Gasteiger partial charge in [0.25, 0.3) is 0 Å². The third kappa shape index (κ3) is 3.70. The van der Waals surface area contributed by atoms with E-state index in [1.54, 1.807) is 0 Å². The van der Waals surface area contributed by atoms with Crippen molar-refractivity contribution in [1.82, 2.24) is 4.90 Å². The van der Waals surface area contributed by atoms with E-state index in [1.165, 1.54) is 0 Å². The summed E-state index contributed by atoms with van der Waals surface area (Å²) in [5.74, 6) is 0.612. The van der Waals surface area contributed by atoms with Gasteiger partial charge in [0.2, 0.25) is 0 Å². The largest absolute Gasteiger partial charge is 0.489 e. The topological polar surface area (TPSA) is 41.9 Å². The van der Waals surface area contributed by atoms with E-state index < -0.39 is 6.10 Å². The minimum Gasteiger partial charge on any atom is -0.489 e. The van der Waals surface area contributed by atoms with E-state index in [1.807, 2.05) is 36.4 Å². The summed E-state index contributed by atoms with van der Waals surface area (Å²) < 4.78 is 11.0. The number of nitrogens with zero attached hydrogens (tertiary/aromatic N) is 1. The Morgan fingerprint density at radius 1 is 1.18 bits per heavy atom. The second kappa shape index (κ2) is 7.29. The summed E-state index contributed by atoms with van der Waals surface area (Å²) in [6.45, 7) is 3.99. The summed E-state index contributed by atoms with van der Waals surface area (Å²) >= 11 is 6.38. The van der Waals surface area contributed by atoms with Crippen LogP contribution in [0.2, 0.25) is 5.02 Å². The molecule has 4 nitrogen and oxygen atoms in total. The molecule has 2 aromatic carbocycles. The molecule has 1 heterocycles. The van der Waals surface area contributed by atoms with Gasteiger partial charge in [0, 0.05) is 25.0 Å². The molecule has 1 N–H and O–H groups in total. The van der Waals surface area contributed by atoms with Gasteiger partial charge < -0.3 is 14.6 Å². The van der Waals surface area contributed by atoms with Crippen molar-refractivity contribution in [2.24, 2.45) is 0 Å². The first-order chi connectivity index (χ1) is 10.7. The van der Waals surface area contributed by atoms with Gasteiger partial charge in [0.05, 0.1) is 18.2 Å². The molecule has 0 amide bonds. The maximum Gasteiger partial charge on any atom is 0.138 e. The Bertz CT molecular complexity index is 628. The molecule has 0 saturated carbocycles. The van der Waals surface area contributed by atoms with Crippen LogP contribution in [-0.2, 0) is 4.74 Å². The molecule has 1 saturated heterocycles. The van der Waals surface area contributed by atoms with Gasteiger partial charge in [-0.2, -0.15) is 0 Å². The van der Waals surface area contributed by atoms with Gasteiger partial charge in [-0.25, -0.2) is 0 Å². The highest BCUT2D eigenvalue weighted by molar-refractivity contribution is 6.37. The van der Waals surface area contributed by atoms with E-state index in [2.05, 4.69) is 4.90 Å². The molecule has 118 valence electrons. The van der Waals surface area contributed by atoms with Crippen LogP contribution < -0.4 is 4.74 Å². The molecule has 22 heavy (non-hydrogen) atoms. The first-order valence-corrected chi connectivity index (χ1v) is 7.90. The lowest BCUT2D eigenvalue weighted by Gasteiger charge is -2.28. The van der Waals surface area contributed by atoms with Crippen LogP contribution in [0.3, 0.4) is 0 Å². The number of β-amino-alcohol motifs (C(OH)–C–C–N with tert-alkyl or cyclic N) is 1. The number of benzene rings is 2. The zero-order valence-electron chi connectivity index (χ0n) is 12.4. The minimum atomic E-state index is -0.541. The van der Waals surface area contributed by atoms with Crippen LogP contribution in [0.4, 0.5) is 0 Å². The Morgan fingerprint density at radius 2 is 1.95 bits per heavy atom. The SMILES string of the molecule is O[C@H](COc1ccc2ccccc2c1Cl)CN1CCOCC1. The number of rotatable bonds is 5. The molecule has 0 unspecified atom stereocenters. The average Bonchev–Trinajstić information content (AvgIpc) is 2.55. The van der Waals surface area contributed by atoms with Crippen molar-refractivity contribution in [1.29, 1.82) is 0 Å². The fraction of sp³-hybridized carbons (Fsp3) is 0.412. The highest BCUT2D eigenvalue weighted by Gasteiger charge is 2.16. The fourth-order valence-electron chi connectivity index (χ4n) is 2.65. The number of hydrogen-bond donors (Lipinski definition) is 1. The predicted octanol–water partition coefficient (Wildman–Crippen LogP) is 2.57. The predicted molar refractivity (Wildman–Crippen MR) is 87.7 cm³/mol. The summed E-state index contributed by atoms with van der Waals surface area (Å²) in [5.41, 5.74) is 0. The average molecular weight is 322 g/mol. The lowest BCUT2D eigenvalue weighted by molar-refractivity contribution is 0.00468. The lowest BCUT2D eigenvalue weighted by atomic mass is 10.1. The maximum atomic E-state index is 10.1. The van der Waals surface area contributed by atoms with Gasteiger partial charge in [-0.3, -0.25) is 4.90 Å². The Labute approximate surface area is 135 Å². The van der Waals surface area contributed by atoms with E-state index in [0.29, 0.717) is 17.3 Å². The van der Waals surface area contributed by atoms with Crippen LogP contribution in [0.15, 0.2) is 36.4 Å². The van der Waals surface area contributed by atoms with Crippen LogP contribution in [-0.4, -0.2) is 55.6 Å². The van der Waals surface area contributed by atoms with E-state index in [9.17, 15) is 5.11 Å². The number of halogens is 1. The highest BCUT2D eigenvalue weighted by Crippen LogP contribution is 2.32. The van der Waals surface area contributed by atoms with Crippen molar-refractivity contribution in [2.75, 3.05) is 39.5 Å². The summed E-state index contributed by atoms with van der Waals surface area (Å²) in [6, 6.07) is 11.7. The molecule has 5 heteroatoms. The van der Waals surface area contributed by atoms with Crippen LogP contribution in [0.1, 0.15) is 0 Å². The summed E-state index contributed by atoms with van der Waals surface area (Å²) in [4.78, 5) is 2.18. The van der Waals surface area contributed by atoms with Crippen molar-refractivity contribution >= 4 is 22.4 Å². The Balaban J connectivity index is 1.60. The van der Waals surface area contributed by atoms with Crippen molar-refractivity contribution in [3.8, 4) is 5.75 Å². The first-order valence-electron chi connectivity index (χ1n) is 7.52. The molecular formula is C17H20ClNO3. The monoisotopic (exact) mass is 321 g/mol. The highest BCUT2D eigenvalue weighted by atomic mass is 35.5. The number of fused-ring (bicyclic) bond motifs is 1. The van der Waals surface area contributed by atoms with Gasteiger partial charge in [0.1, 0.15) is 18.5 Å². The standard InChI is InChI=1S/C17H20ClNO3/c18-17-15-4-2-1-3-13(15)5-6-16(17)22-12-14(20)11-19-7-9-21-10-8-19/h1-6,14,20H,7-12H2/t14-/m0/s1.